The topological polar surface area (TPSA) is 105 Å². The van der Waals surface area contributed by atoms with Crippen molar-refractivity contribution in [2.24, 2.45) is 0 Å². The summed E-state index contributed by atoms with van der Waals surface area (Å²) in [6.45, 7) is 3.15. The molecule has 0 bridgehead atoms. The SMILES string of the molecule is CSCC[C@H](NC(=O)C(C)(C)NC(=O)OCC1c2ccccc2-c2ccccc21)C(=O)O. The summed E-state index contributed by atoms with van der Waals surface area (Å²) < 4.78 is 5.49. The molecule has 3 rings (SSSR count). The molecule has 32 heavy (non-hydrogen) atoms. The Morgan fingerprint density at radius 2 is 1.62 bits per heavy atom. The first-order valence-corrected chi connectivity index (χ1v) is 11.8. The second kappa shape index (κ2) is 10.1. The van der Waals surface area contributed by atoms with E-state index in [-0.39, 0.29) is 12.5 Å². The maximum atomic E-state index is 12.6. The number of hydrogen-bond donors (Lipinski definition) is 3. The maximum absolute atomic E-state index is 12.6. The van der Waals surface area contributed by atoms with Gasteiger partial charge >= 0.3 is 12.1 Å². The molecular weight excluding hydrogens is 428 g/mol. The zero-order valence-corrected chi connectivity index (χ0v) is 19.2. The quantitative estimate of drug-likeness (QED) is 0.532. The minimum absolute atomic E-state index is 0.0898. The molecule has 0 saturated heterocycles. The van der Waals surface area contributed by atoms with E-state index in [9.17, 15) is 19.5 Å². The summed E-state index contributed by atoms with van der Waals surface area (Å²) in [6.07, 6.45) is 1.43. The number of aliphatic carboxylic acids is 1. The lowest BCUT2D eigenvalue weighted by atomic mass is 9.98. The lowest BCUT2D eigenvalue weighted by molar-refractivity contribution is -0.142. The minimum atomic E-state index is -1.34. The number of fused-ring (bicyclic) bond motifs is 3. The maximum Gasteiger partial charge on any atom is 0.408 e. The van der Waals surface area contributed by atoms with Crippen molar-refractivity contribution >= 4 is 29.7 Å². The molecule has 1 aliphatic rings. The predicted molar refractivity (Wildman–Crippen MR) is 125 cm³/mol. The minimum Gasteiger partial charge on any atom is -0.480 e. The fourth-order valence-electron chi connectivity index (χ4n) is 3.78. The van der Waals surface area contributed by atoms with Gasteiger partial charge in [0.25, 0.3) is 0 Å². The van der Waals surface area contributed by atoms with Crippen molar-refractivity contribution in [2.45, 2.75) is 37.8 Å². The summed E-state index contributed by atoms with van der Waals surface area (Å²) in [7, 11) is 0. The summed E-state index contributed by atoms with van der Waals surface area (Å²) in [5, 5.41) is 14.4. The van der Waals surface area contributed by atoms with Crippen LogP contribution in [0.1, 0.15) is 37.3 Å². The van der Waals surface area contributed by atoms with Gasteiger partial charge < -0.3 is 20.5 Å². The molecule has 2 aromatic carbocycles. The number of carbonyl (C=O) groups is 3. The van der Waals surface area contributed by atoms with Crippen LogP contribution < -0.4 is 10.6 Å². The van der Waals surface area contributed by atoms with Crippen molar-refractivity contribution in [3.63, 3.8) is 0 Å². The zero-order valence-electron chi connectivity index (χ0n) is 18.4. The Labute approximate surface area is 191 Å². The average molecular weight is 457 g/mol. The molecule has 7 nitrogen and oxygen atoms in total. The third kappa shape index (κ3) is 5.24. The Morgan fingerprint density at radius 3 is 2.16 bits per heavy atom. The molecule has 2 aromatic rings. The third-order valence-corrected chi connectivity index (χ3v) is 6.18. The number of carbonyl (C=O) groups excluding carboxylic acids is 2. The largest absolute Gasteiger partial charge is 0.480 e. The lowest BCUT2D eigenvalue weighted by Gasteiger charge is -2.27. The van der Waals surface area contributed by atoms with Crippen molar-refractivity contribution in [2.75, 3.05) is 18.6 Å². The number of hydrogen-bond acceptors (Lipinski definition) is 5. The van der Waals surface area contributed by atoms with E-state index in [0.29, 0.717) is 12.2 Å². The molecule has 1 atom stereocenters. The highest BCUT2D eigenvalue weighted by Crippen LogP contribution is 2.44. The fraction of sp³-hybridized carbons (Fsp3) is 0.375. The highest BCUT2D eigenvalue weighted by molar-refractivity contribution is 7.98. The molecule has 0 spiro atoms. The summed E-state index contributed by atoms with van der Waals surface area (Å²) >= 11 is 1.50. The molecule has 0 fully saturated rings. The van der Waals surface area contributed by atoms with Crippen molar-refractivity contribution < 1.29 is 24.2 Å². The van der Waals surface area contributed by atoms with E-state index in [4.69, 9.17) is 4.74 Å². The molecule has 0 saturated carbocycles. The van der Waals surface area contributed by atoms with Crippen LogP contribution in [-0.2, 0) is 14.3 Å². The monoisotopic (exact) mass is 456 g/mol. The first kappa shape index (κ1) is 23.7. The standard InChI is InChI=1S/C24H28N2O5S/c1-24(2,22(29)25-20(21(27)28)12-13-32-3)26-23(30)31-14-19-17-10-6-4-8-15(17)16-9-5-7-11-18(16)19/h4-11,19-20H,12-14H2,1-3H3,(H,25,29)(H,26,30)(H,27,28)/t20-/m0/s1. The van der Waals surface area contributed by atoms with E-state index in [1.165, 1.54) is 25.6 Å². The first-order valence-electron chi connectivity index (χ1n) is 10.4. The van der Waals surface area contributed by atoms with Gasteiger partial charge in [-0.25, -0.2) is 9.59 Å². The Balaban J connectivity index is 1.62. The molecule has 0 aromatic heterocycles. The van der Waals surface area contributed by atoms with Gasteiger partial charge in [-0.3, -0.25) is 4.79 Å². The van der Waals surface area contributed by atoms with E-state index in [1.807, 2.05) is 42.7 Å². The van der Waals surface area contributed by atoms with Gasteiger partial charge in [-0.15, -0.1) is 0 Å². The molecule has 170 valence electrons. The van der Waals surface area contributed by atoms with Crippen LogP contribution >= 0.6 is 11.8 Å². The number of nitrogens with one attached hydrogen (secondary N) is 2. The van der Waals surface area contributed by atoms with Crippen LogP contribution in [0.5, 0.6) is 0 Å². The normalized spacial score (nSPS) is 13.6. The fourth-order valence-corrected chi connectivity index (χ4v) is 4.25. The van der Waals surface area contributed by atoms with E-state index in [0.717, 1.165) is 22.3 Å². The Hall–Kier alpha value is -3.00. The van der Waals surface area contributed by atoms with Crippen molar-refractivity contribution in [3.05, 3.63) is 59.7 Å². The van der Waals surface area contributed by atoms with Gasteiger partial charge in [-0.2, -0.15) is 11.8 Å². The summed E-state index contributed by atoms with van der Waals surface area (Å²) in [5.74, 6) is -1.19. The summed E-state index contributed by atoms with van der Waals surface area (Å²) in [6, 6.07) is 15.0. The van der Waals surface area contributed by atoms with Crippen molar-refractivity contribution in [1.82, 2.24) is 10.6 Å². The van der Waals surface area contributed by atoms with E-state index in [1.54, 1.807) is 0 Å². The zero-order chi connectivity index (χ0) is 23.3. The molecule has 2 amide bonds. The van der Waals surface area contributed by atoms with Gasteiger partial charge in [0.05, 0.1) is 0 Å². The predicted octanol–water partition coefficient (Wildman–Crippen LogP) is 3.63. The van der Waals surface area contributed by atoms with Gasteiger partial charge in [0.15, 0.2) is 0 Å². The molecule has 1 aliphatic carbocycles. The molecule has 0 radical (unpaired) electrons. The molecule has 3 N–H and O–H groups in total. The molecule has 0 unspecified atom stereocenters. The smallest absolute Gasteiger partial charge is 0.408 e. The van der Waals surface area contributed by atoms with E-state index >= 15 is 0 Å². The van der Waals surface area contributed by atoms with Gasteiger partial charge in [0, 0.05) is 5.92 Å². The lowest BCUT2D eigenvalue weighted by Crippen LogP contribution is -2.58. The molecular formula is C24H28N2O5S. The van der Waals surface area contributed by atoms with Gasteiger partial charge in [0.1, 0.15) is 18.2 Å². The number of benzene rings is 2. The van der Waals surface area contributed by atoms with Gasteiger partial charge in [-0.1, -0.05) is 48.5 Å². The number of carboxylic acids is 1. The number of alkyl carbamates (subject to hydrolysis) is 1. The van der Waals surface area contributed by atoms with Gasteiger partial charge in [0.2, 0.25) is 5.91 Å². The number of rotatable bonds is 9. The molecule has 0 aliphatic heterocycles. The number of amides is 2. The Bertz CT molecular complexity index is 962. The highest BCUT2D eigenvalue weighted by atomic mass is 32.2. The van der Waals surface area contributed by atoms with Crippen LogP contribution in [0.25, 0.3) is 11.1 Å². The summed E-state index contributed by atoms with van der Waals surface area (Å²) in [5.41, 5.74) is 3.10. The van der Waals surface area contributed by atoms with Crippen molar-refractivity contribution in [3.8, 4) is 11.1 Å². The van der Waals surface area contributed by atoms with Crippen LogP contribution in [0.4, 0.5) is 4.79 Å². The van der Waals surface area contributed by atoms with Gasteiger partial charge in [-0.05, 0) is 54.5 Å². The van der Waals surface area contributed by atoms with Crippen LogP contribution in [0.3, 0.4) is 0 Å². The second-order valence-electron chi connectivity index (χ2n) is 8.22. The van der Waals surface area contributed by atoms with Crippen LogP contribution in [0, 0.1) is 0 Å². The van der Waals surface area contributed by atoms with Crippen LogP contribution in [-0.4, -0.2) is 53.3 Å². The molecule has 0 heterocycles. The second-order valence-corrected chi connectivity index (χ2v) is 9.21. The summed E-state index contributed by atoms with van der Waals surface area (Å²) in [4.78, 5) is 36.5. The Morgan fingerprint density at radius 1 is 1.06 bits per heavy atom. The first-order chi connectivity index (χ1) is 15.2. The van der Waals surface area contributed by atoms with Crippen LogP contribution in [0.15, 0.2) is 48.5 Å². The molecule has 8 heteroatoms. The number of carboxylic acid groups (broad SMARTS) is 1. The average Bonchev–Trinajstić information content (AvgIpc) is 3.08. The number of ether oxygens (including phenoxy) is 1. The van der Waals surface area contributed by atoms with Crippen LogP contribution in [0.2, 0.25) is 0 Å². The Kier molecular flexibility index (Phi) is 7.45. The number of thioether (sulfide) groups is 1. The van der Waals surface area contributed by atoms with E-state index in [2.05, 4.69) is 22.8 Å². The van der Waals surface area contributed by atoms with Crippen molar-refractivity contribution in [1.29, 1.82) is 0 Å². The highest BCUT2D eigenvalue weighted by Gasteiger charge is 2.34. The van der Waals surface area contributed by atoms with E-state index < -0.39 is 29.6 Å². The third-order valence-electron chi connectivity index (χ3n) is 5.54.